The third-order valence-corrected chi connectivity index (χ3v) is 3.41. The molecule has 2 rings (SSSR count). The number of hydrogen-bond acceptors (Lipinski definition) is 2. The molecule has 0 bridgehead atoms. The molecule has 1 N–H and O–H groups in total. The number of alkyl halides is 6. The van der Waals surface area contributed by atoms with Gasteiger partial charge in [0.2, 0.25) is 0 Å². The molecule has 0 atom stereocenters. The summed E-state index contributed by atoms with van der Waals surface area (Å²) < 4.78 is 75.8. The van der Waals surface area contributed by atoms with Gasteiger partial charge in [-0.2, -0.15) is 31.4 Å². The maximum atomic E-state index is 12.9. The fraction of sp³-hybridized carbons (Fsp3) is 0.750. The molecule has 0 spiro atoms. The zero-order valence-corrected chi connectivity index (χ0v) is 11.1. The minimum Gasteiger partial charge on any atom is -0.317 e. The standard InChI is InChI=1S/C12H15F6N3/c13-11(14,15)7-21-6-9(10(20-21)12(16,17)18)5-8-1-3-19-4-2-8/h6,8,19H,1-5,7H2. The maximum absolute atomic E-state index is 12.9. The van der Waals surface area contributed by atoms with Crippen LogP contribution in [0.2, 0.25) is 0 Å². The minimum absolute atomic E-state index is 0.0379. The normalized spacial score (nSPS) is 18.2. The van der Waals surface area contributed by atoms with E-state index in [0.717, 1.165) is 6.20 Å². The van der Waals surface area contributed by atoms with E-state index in [-0.39, 0.29) is 17.9 Å². The maximum Gasteiger partial charge on any atom is 0.435 e. The number of aromatic nitrogens is 2. The first-order chi connectivity index (χ1) is 9.65. The molecule has 0 radical (unpaired) electrons. The fourth-order valence-corrected chi connectivity index (χ4v) is 2.51. The van der Waals surface area contributed by atoms with Crippen molar-refractivity contribution in [3.05, 3.63) is 17.5 Å². The second-order valence-electron chi connectivity index (χ2n) is 5.21. The molecule has 9 heteroatoms. The van der Waals surface area contributed by atoms with Gasteiger partial charge in [0.25, 0.3) is 0 Å². The first-order valence-corrected chi connectivity index (χ1v) is 6.56. The van der Waals surface area contributed by atoms with Gasteiger partial charge in [-0.1, -0.05) is 0 Å². The number of nitrogens with one attached hydrogen (secondary N) is 1. The monoisotopic (exact) mass is 315 g/mol. The third kappa shape index (κ3) is 4.62. The van der Waals surface area contributed by atoms with Gasteiger partial charge in [0, 0.05) is 11.8 Å². The predicted molar refractivity (Wildman–Crippen MR) is 62.6 cm³/mol. The molecule has 3 nitrogen and oxygen atoms in total. The molecule has 0 amide bonds. The molecule has 0 aromatic carbocycles. The van der Waals surface area contributed by atoms with Crippen LogP contribution in [-0.2, 0) is 19.1 Å². The van der Waals surface area contributed by atoms with E-state index in [1.54, 1.807) is 0 Å². The molecule has 1 aliphatic heterocycles. The predicted octanol–water partition coefficient (Wildman–Crippen LogP) is 3.01. The highest BCUT2D eigenvalue weighted by atomic mass is 19.4. The Bertz CT molecular complexity index is 470. The van der Waals surface area contributed by atoms with E-state index in [1.807, 2.05) is 0 Å². The molecular weight excluding hydrogens is 300 g/mol. The largest absolute Gasteiger partial charge is 0.435 e. The van der Waals surface area contributed by atoms with Crippen molar-refractivity contribution in [2.45, 2.75) is 38.2 Å². The molecule has 0 unspecified atom stereocenters. The number of halogens is 6. The van der Waals surface area contributed by atoms with Crippen LogP contribution in [0.5, 0.6) is 0 Å². The summed E-state index contributed by atoms with van der Waals surface area (Å²) in [5.41, 5.74) is -1.36. The highest BCUT2D eigenvalue weighted by molar-refractivity contribution is 5.21. The van der Waals surface area contributed by atoms with Crippen LogP contribution in [0.3, 0.4) is 0 Å². The third-order valence-electron chi connectivity index (χ3n) is 3.41. The van der Waals surface area contributed by atoms with E-state index in [0.29, 0.717) is 30.6 Å². The molecule has 1 saturated heterocycles. The van der Waals surface area contributed by atoms with E-state index >= 15 is 0 Å². The topological polar surface area (TPSA) is 29.9 Å². The minimum atomic E-state index is -4.74. The lowest BCUT2D eigenvalue weighted by Gasteiger charge is -2.22. The number of hydrogen-bond donors (Lipinski definition) is 1. The fourth-order valence-electron chi connectivity index (χ4n) is 2.51. The molecule has 1 aliphatic rings. The van der Waals surface area contributed by atoms with Crippen molar-refractivity contribution in [2.75, 3.05) is 13.1 Å². The number of rotatable bonds is 3. The molecule has 2 heterocycles. The Kier molecular flexibility index (Phi) is 4.50. The lowest BCUT2D eigenvalue weighted by molar-refractivity contribution is -0.149. The Morgan fingerprint density at radius 3 is 2.29 bits per heavy atom. The zero-order chi connectivity index (χ0) is 15.7. The van der Waals surface area contributed by atoms with Gasteiger partial charge in [-0.25, -0.2) is 0 Å². The van der Waals surface area contributed by atoms with Crippen molar-refractivity contribution in [1.82, 2.24) is 15.1 Å². The van der Waals surface area contributed by atoms with Crippen LogP contribution in [-0.4, -0.2) is 29.0 Å². The molecule has 0 saturated carbocycles. The van der Waals surface area contributed by atoms with Crippen LogP contribution in [0.1, 0.15) is 24.1 Å². The summed E-state index contributed by atoms with van der Waals surface area (Å²) in [6.07, 6.45) is -6.93. The van der Waals surface area contributed by atoms with Crippen molar-refractivity contribution >= 4 is 0 Å². The quantitative estimate of drug-likeness (QED) is 0.869. The van der Waals surface area contributed by atoms with Crippen molar-refractivity contribution in [3.8, 4) is 0 Å². The Morgan fingerprint density at radius 2 is 1.76 bits per heavy atom. The molecule has 21 heavy (non-hydrogen) atoms. The summed E-state index contributed by atoms with van der Waals surface area (Å²) in [6.45, 7) is -0.0896. The Balaban J connectivity index is 2.20. The first-order valence-electron chi connectivity index (χ1n) is 6.56. The molecule has 1 aromatic rings. The summed E-state index contributed by atoms with van der Waals surface area (Å²) >= 11 is 0. The Labute approximate surface area is 117 Å². The highest BCUT2D eigenvalue weighted by Crippen LogP contribution is 2.33. The van der Waals surface area contributed by atoms with E-state index < -0.39 is 24.6 Å². The summed E-state index contributed by atoms with van der Waals surface area (Å²) in [5.74, 6) is 0.0379. The summed E-state index contributed by atoms with van der Waals surface area (Å²) in [4.78, 5) is 0. The second-order valence-corrected chi connectivity index (χ2v) is 5.21. The van der Waals surface area contributed by atoms with Gasteiger partial charge >= 0.3 is 12.4 Å². The second kappa shape index (κ2) is 5.86. The summed E-state index contributed by atoms with van der Waals surface area (Å²) in [6, 6.07) is 0. The van der Waals surface area contributed by atoms with Gasteiger partial charge in [0.15, 0.2) is 5.69 Å². The van der Waals surface area contributed by atoms with Crippen LogP contribution in [0.4, 0.5) is 26.3 Å². The molecule has 1 aromatic heterocycles. The first kappa shape index (κ1) is 16.1. The molecular formula is C12H15F6N3. The molecule has 1 fully saturated rings. The van der Waals surface area contributed by atoms with E-state index in [2.05, 4.69) is 10.4 Å². The van der Waals surface area contributed by atoms with Crippen LogP contribution >= 0.6 is 0 Å². The van der Waals surface area contributed by atoms with Gasteiger partial charge in [0.1, 0.15) is 6.54 Å². The van der Waals surface area contributed by atoms with Crippen molar-refractivity contribution in [1.29, 1.82) is 0 Å². The van der Waals surface area contributed by atoms with Crippen LogP contribution in [0, 0.1) is 5.92 Å². The smallest absolute Gasteiger partial charge is 0.317 e. The van der Waals surface area contributed by atoms with Gasteiger partial charge in [-0.3, -0.25) is 4.68 Å². The lowest BCUT2D eigenvalue weighted by Crippen LogP contribution is -2.29. The van der Waals surface area contributed by atoms with Crippen LogP contribution in [0.25, 0.3) is 0 Å². The number of nitrogens with zero attached hydrogens (tertiary/aromatic N) is 2. The van der Waals surface area contributed by atoms with Crippen LogP contribution in [0.15, 0.2) is 6.20 Å². The van der Waals surface area contributed by atoms with Crippen molar-refractivity contribution < 1.29 is 26.3 Å². The van der Waals surface area contributed by atoms with Crippen LogP contribution < -0.4 is 5.32 Å². The average molecular weight is 315 g/mol. The summed E-state index contributed by atoms with van der Waals surface area (Å²) in [7, 11) is 0. The summed E-state index contributed by atoms with van der Waals surface area (Å²) in [5, 5.41) is 6.18. The lowest BCUT2D eigenvalue weighted by atomic mass is 9.91. The number of piperidine rings is 1. The molecule has 0 aliphatic carbocycles. The van der Waals surface area contributed by atoms with E-state index in [9.17, 15) is 26.3 Å². The Hall–Kier alpha value is -1.25. The van der Waals surface area contributed by atoms with Crippen molar-refractivity contribution in [3.63, 3.8) is 0 Å². The van der Waals surface area contributed by atoms with E-state index in [1.165, 1.54) is 0 Å². The van der Waals surface area contributed by atoms with Gasteiger partial charge in [-0.05, 0) is 38.3 Å². The average Bonchev–Trinajstić information content (AvgIpc) is 2.70. The van der Waals surface area contributed by atoms with E-state index in [4.69, 9.17) is 0 Å². The zero-order valence-electron chi connectivity index (χ0n) is 11.1. The molecule has 120 valence electrons. The highest BCUT2D eigenvalue weighted by Gasteiger charge is 2.39. The van der Waals surface area contributed by atoms with Gasteiger partial charge in [0.05, 0.1) is 0 Å². The SMILES string of the molecule is FC(F)(F)Cn1cc(CC2CCNCC2)c(C(F)(F)F)n1. The van der Waals surface area contributed by atoms with Gasteiger partial charge < -0.3 is 5.32 Å². The van der Waals surface area contributed by atoms with Gasteiger partial charge in [-0.15, -0.1) is 0 Å². The Morgan fingerprint density at radius 1 is 1.14 bits per heavy atom. The van der Waals surface area contributed by atoms with Crippen molar-refractivity contribution in [2.24, 2.45) is 5.92 Å².